The summed E-state index contributed by atoms with van der Waals surface area (Å²) in [6.45, 7) is 2.80. The first-order valence-electron chi connectivity index (χ1n) is 7.30. The Morgan fingerprint density at radius 3 is 2.95 bits per heavy atom. The van der Waals surface area contributed by atoms with Gasteiger partial charge < -0.3 is 21.7 Å². The summed E-state index contributed by atoms with van der Waals surface area (Å²) in [5, 5.41) is 8.74. The first-order chi connectivity index (χ1) is 10.1. The number of primary amides is 1. The average molecular weight is 290 g/mol. The third kappa shape index (κ3) is 5.07. The molecule has 0 aliphatic carbocycles. The quantitative estimate of drug-likeness (QED) is 0.658. The molecule has 2 rings (SSSR count). The first kappa shape index (κ1) is 15.3. The highest BCUT2D eigenvalue weighted by atomic mass is 16.2. The predicted molar refractivity (Wildman–Crippen MR) is 82.2 cm³/mol. The highest BCUT2D eigenvalue weighted by Gasteiger charge is 2.13. The van der Waals surface area contributed by atoms with Gasteiger partial charge in [0.05, 0.1) is 0 Å². The molecule has 1 aliphatic heterocycles. The Kier molecular flexibility index (Phi) is 5.57. The number of hydrogen-bond donors (Lipinski definition) is 4. The zero-order valence-electron chi connectivity index (χ0n) is 12.0. The summed E-state index contributed by atoms with van der Waals surface area (Å²) in [5.74, 6) is 0.508. The molecule has 1 atom stereocenters. The Labute approximate surface area is 124 Å². The van der Waals surface area contributed by atoms with Crippen LogP contribution in [0.25, 0.3) is 0 Å². The van der Waals surface area contributed by atoms with Gasteiger partial charge in [-0.05, 0) is 56.5 Å². The fourth-order valence-corrected chi connectivity index (χ4v) is 2.54. The highest BCUT2D eigenvalue weighted by Crippen LogP contribution is 2.13. The van der Waals surface area contributed by atoms with Gasteiger partial charge in [0, 0.05) is 17.8 Å². The lowest BCUT2D eigenvalue weighted by atomic mass is 9.96. The van der Waals surface area contributed by atoms with E-state index in [4.69, 9.17) is 5.73 Å². The van der Waals surface area contributed by atoms with Crippen LogP contribution in [0.1, 0.15) is 29.6 Å². The summed E-state index contributed by atoms with van der Waals surface area (Å²) >= 11 is 0. The van der Waals surface area contributed by atoms with E-state index in [1.807, 2.05) is 0 Å². The molecule has 0 saturated carbocycles. The number of benzene rings is 1. The second-order valence-electron chi connectivity index (χ2n) is 5.33. The number of nitrogens with one attached hydrogen (secondary N) is 3. The molecule has 1 saturated heterocycles. The average Bonchev–Trinajstić information content (AvgIpc) is 2.48. The maximum atomic E-state index is 12.1. The van der Waals surface area contributed by atoms with E-state index >= 15 is 0 Å². The number of hydrogen-bond acceptors (Lipinski definition) is 3. The smallest absolute Gasteiger partial charge is 0.316 e. The van der Waals surface area contributed by atoms with E-state index in [0.29, 0.717) is 23.7 Å². The molecule has 21 heavy (non-hydrogen) atoms. The Balaban J connectivity index is 1.80. The largest absolute Gasteiger partial charge is 0.352 e. The van der Waals surface area contributed by atoms with Crippen LogP contribution in [0.3, 0.4) is 0 Å². The molecule has 1 unspecified atom stereocenters. The molecule has 1 heterocycles. The molecule has 0 bridgehead atoms. The highest BCUT2D eigenvalue weighted by molar-refractivity contribution is 5.96. The van der Waals surface area contributed by atoms with Crippen LogP contribution in [-0.4, -0.2) is 31.6 Å². The van der Waals surface area contributed by atoms with Gasteiger partial charge in [0.15, 0.2) is 0 Å². The Morgan fingerprint density at radius 2 is 2.24 bits per heavy atom. The van der Waals surface area contributed by atoms with Gasteiger partial charge in [-0.25, -0.2) is 4.79 Å². The van der Waals surface area contributed by atoms with Crippen LogP contribution in [0.2, 0.25) is 0 Å². The molecule has 1 fully saturated rings. The topological polar surface area (TPSA) is 96.2 Å². The second kappa shape index (κ2) is 7.64. The number of carbonyl (C=O) groups excluding carboxylic acids is 2. The summed E-state index contributed by atoms with van der Waals surface area (Å²) in [6, 6.07) is 6.09. The molecule has 0 spiro atoms. The van der Waals surface area contributed by atoms with Crippen LogP contribution in [0.15, 0.2) is 24.3 Å². The molecule has 0 radical (unpaired) electrons. The van der Waals surface area contributed by atoms with Gasteiger partial charge in [-0.1, -0.05) is 6.07 Å². The predicted octanol–water partition coefficient (Wildman–Crippen LogP) is 1.30. The third-order valence-corrected chi connectivity index (χ3v) is 3.63. The van der Waals surface area contributed by atoms with E-state index < -0.39 is 6.03 Å². The van der Waals surface area contributed by atoms with Crippen molar-refractivity contribution in [1.82, 2.24) is 10.6 Å². The minimum Gasteiger partial charge on any atom is -0.352 e. The maximum Gasteiger partial charge on any atom is 0.316 e. The van der Waals surface area contributed by atoms with Gasteiger partial charge in [-0.2, -0.15) is 0 Å². The van der Waals surface area contributed by atoms with Crippen LogP contribution in [0.4, 0.5) is 10.5 Å². The third-order valence-electron chi connectivity index (χ3n) is 3.63. The number of piperidine rings is 1. The lowest BCUT2D eigenvalue weighted by Gasteiger charge is -2.22. The number of nitrogens with two attached hydrogens (primary N) is 1. The fourth-order valence-electron chi connectivity index (χ4n) is 2.54. The number of carbonyl (C=O) groups is 2. The van der Waals surface area contributed by atoms with Crippen LogP contribution in [0.5, 0.6) is 0 Å². The Morgan fingerprint density at radius 1 is 1.38 bits per heavy atom. The summed E-state index contributed by atoms with van der Waals surface area (Å²) in [7, 11) is 0. The van der Waals surface area contributed by atoms with Crippen molar-refractivity contribution in [3.63, 3.8) is 0 Å². The van der Waals surface area contributed by atoms with Crippen molar-refractivity contribution < 1.29 is 9.59 Å². The molecule has 5 N–H and O–H groups in total. The van der Waals surface area contributed by atoms with E-state index in [2.05, 4.69) is 16.0 Å². The summed E-state index contributed by atoms with van der Waals surface area (Å²) in [6.07, 6.45) is 3.41. The maximum absolute atomic E-state index is 12.1. The molecule has 6 nitrogen and oxygen atoms in total. The minimum absolute atomic E-state index is 0.133. The summed E-state index contributed by atoms with van der Waals surface area (Å²) < 4.78 is 0. The monoisotopic (exact) mass is 290 g/mol. The number of amides is 3. The Hall–Kier alpha value is -2.08. The molecule has 1 aromatic carbocycles. The van der Waals surface area contributed by atoms with Crippen LogP contribution in [-0.2, 0) is 0 Å². The lowest BCUT2D eigenvalue weighted by molar-refractivity contribution is 0.0950. The van der Waals surface area contributed by atoms with Gasteiger partial charge >= 0.3 is 6.03 Å². The minimum atomic E-state index is -0.641. The molecule has 114 valence electrons. The van der Waals surface area contributed by atoms with Crippen molar-refractivity contribution in [3.05, 3.63) is 29.8 Å². The number of urea groups is 1. The number of anilines is 1. The van der Waals surface area contributed by atoms with Crippen molar-refractivity contribution >= 4 is 17.6 Å². The standard InChI is InChI=1S/C15H22N4O2/c16-15(21)19-13-5-1-4-12(9-13)14(20)18-8-6-11-3-2-7-17-10-11/h1,4-5,9,11,17H,2-3,6-8,10H2,(H,18,20)(H3,16,19,21). The Bertz CT molecular complexity index is 498. The van der Waals surface area contributed by atoms with Gasteiger partial charge in [0.1, 0.15) is 0 Å². The SMILES string of the molecule is NC(=O)Nc1cccc(C(=O)NCCC2CCCNC2)c1. The van der Waals surface area contributed by atoms with E-state index in [-0.39, 0.29) is 5.91 Å². The van der Waals surface area contributed by atoms with E-state index in [1.54, 1.807) is 24.3 Å². The van der Waals surface area contributed by atoms with Crippen molar-refractivity contribution in [1.29, 1.82) is 0 Å². The summed E-state index contributed by atoms with van der Waals surface area (Å²) in [4.78, 5) is 22.9. The molecule has 0 aromatic heterocycles. The van der Waals surface area contributed by atoms with Gasteiger partial charge in [0.2, 0.25) is 0 Å². The van der Waals surface area contributed by atoms with Crippen LogP contribution >= 0.6 is 0 Å². The van der Waals surface area contributed by atoms with Gasteiger partial charge in [-0.3, -0.25) is 4.79 Å². The van der Waals surface area contributed by atoms with E-state index in [0.717, 1.165) is 19.5 Å². The van der Waals surface area contributed by atoms with Crippen LogP contribution < -0.4 is 21.7 Å². The van der Waals surface area contributed by atoms with Crippen LogP contribution in [0, 0.1) is 5.92 Å². The second-order valence-corrected chi connectivity index (χ2v) is 5.33. The molecule has 3 amide bonds. The van der Waals surface area contributed by atoms with E-state index in [9.17, 15) is 9.59 Å². The molecule has 6 heteroatoms. The zero-order valence-corrected chi connectivity index (χ0v) is 12.0. The van der Waals surface area contributed by atoms with Crippen molar-refractivity contribution in [3.8, 4) is 0 Å². The molecular weight excluding hydrogens is 268 g/mol. The number of rotatable bonds is 5. The molecule has 1 aromatic rings. The molecule has 1 aliphatic rings. The van der Waals surface area contributed by atoms with E-state index in [1.165, 1.54) is 12.8 Å². The first-order valence-corrected chi connectivity index (χ1v) is 7.30. The fraction of sp³-hybridized carbons (Fsp3) is 0.467. The lowest BCUT2D eigenvalue weighted by Crippen LogP contribution is -2.33. The van der Waals surface area contributed by atoms with Gasteiger partial charge in [-0.15, -0.1) is 0 Å². The molecular formula is C15H22N4O2. The van der Waals surface area contributed by atoms with Crippen molar-refractivity contribution in [2.45, 2.75) is 19.3 Å². The van der Waals surface area contributed by atoms with Crippen molar-refractivity contribution in [2.75, 3.05) is 25.0 Å². The van der Waals surface area contributed by atoms with Crippen molar-refractivity contribution in [2.24, 2.45) is 11.7 Å². The van der Waals surface area contributed by atoms with Gasteiger partial charge in [0.25, 0.3) is 5.91 Å². The summed E-state index contributed by atoms with van der Waals surface area (Å²) in [5.41, 5.74) is 6.09. The zero-order chi connectivity index (χ0) is 15.1. The normalized spacial score (nSPS) is 18.0.